The summed E-state index contributed by atoms with van der Waals surface area (Å²) >= 11 is 0. The summed E-state index contributed by atoms with van der Waals surface area (Å²) in [6, 6.07) is 8.60. The predicted octanol–water partition coefficient (Wildman–Crippen LogP) is 3.78. The zero-order chi connectivity index (χ0) is 21.9. The van der Waals surface area contributed by atoms with Crippen molar-refractivity contribution in [3.63, 3.8) is 0 Å². The van der Waals surface area contributed by atoms with Crippen molar-refractivity contribution in [3.05, 3.63) is 59.7 Å². The Bertz CT molecular complexity index is 881. The van der Waals surface area contributed by atoms with Crippen LogP contribution in [-0.2, 0) is 11.3 Å². The lowest BCUT2D eigenvalue weighted by Crippen LogP contribution is -2.61. The molecule has 0 radical (unpaired) electrons. The van der Waals surface area contributed by atoms with E-state index in [4.69, 9.17) is 5.73 Å². The fraction of sp³-hybridized carbons (Fsp3) is 0.350. The summed E-state index contributed by atoms with van der Waals surface area (Å²) in [4.78, 5) is 15.0. The van der Waals surface area contributed by atoms with E-state index in [2.05, 4.69) is 4.74 Å². The summed E-state index contributed by atoms with van der Waals surface area (Å²) in [7, 11) is 0. The first-order valence-corrected chi connectivity index (χ1v) is 9.15. The van der Waals surface area contributed by atoms with Crippen molar-refractivity contribution in [1.82, 2.24) is 4.90 Å². The Labute approximate surface area is 169 Å². The number of alkyl halides is 3. The maximum Gasteiger partial charge on any atom is 0.573 e. The Morgan fingerprint density at radius 3 is 2.23 bits per heavy atom. The zero-order valence-corrected chi connectivity index (χ0v) is 15.8. The van der Waals surface area contributed by atoms with Crippen LogP contribution in [0.15, 0.2) is 42.5 Å². The van der Waals surface area contributed by atoms with Gasteiger partial charge in [-0.15, -0.1) is 13.2 Å². The van der Waals surface area contributed by atoms with E-state index in [9.17, 15) is 26.7 Å². The first-order valence-electron chi connectivity index (χ1n) is 9.15. The number of anilines is 1. The Balaban J connectivity index is 1.64. The average Bonchev–Trinajstić information content (AvgIpc) is 2.67. The third kappa shape index (κ3) is 5.25. The number of halogens is 5. The van der Waals surface area contributed by atoms with E-state index >= 15 is 0 Å². The number of nitrogens with zero attached hydrogens (tertiary/aromatic N) is 2. The summed E-state index contributed by atoms with van der Waals surface area (Å²) in [6.07, 6.45) is -3.49. The quantitative estimate of drug-likeness (QED) is 0.432. The molecule has 1 aliphatic rings. The summed E-state index contributed by atoms with van der Waals surface area (Å²) in [6.45, 7) is 1.39. The molecule has 2 aromatic carbocycles. The van der Waals surface area contributed by atoms with Gasteiger partial charge in [0.15, 0.2) is 11.6 Å². The van der Waals surface area contributed by atoms with Crippen molar-refractivity contribution in [1.29, 1.82) is 0 Å². The summed E-state index contributed by atoms with van der Waals surface area (Å²) in [5.41, 5.74) is 6.36. The van der Waals surface area contributed by atoms with Crippen LogP contribution in [0.5, 0.6) is 5.75 Å². The van der Waals surface area contributed by atoms with Crippen LogP contribution in [0.4, 0.5) is 27.6 Å². The Morgan fingerprint density at radius 1 is 1.07 bits per heavy atom. The fourth-order valence-electron chi connectivity index (χ4n) is 3.47. The van der Waals surface area contributed by atoms with Crippen LogP contribution in [0.2, 0.25) is 0 Å². The van der Waals surface area contributed by atoms with Crippen LogP contribution >= 0.6 is 0 Å². The Morgan fingerprint density at radius 2 is 1.70 bits per heavy atom. The normalized spacial score (nSPS) is 16.9. The Hall–Kier alpha value is -2.72. The number of rotatable bonds is 6. The molecular weight excluding hydrogens is 409 g/mol. The highest BCUT2D eigenvalue weighted by molar-refractivity contribution is 5.77. The molecule has 1 saturated heterocycles. The lowest BCUT2D eigenvalue weighted by atomic mass is 9.95. The van der Waals surface area contributed by atoms with E-state index in [1.807, 2.05) is 4.90 Å². The zero-order valence-electron chi connectivity index (χ0n) is 15.8. The van der Waals surface area contributed by atoms with Crippen LogP contribution in [0.3, 0.4) is 0 Å². The lowest BCUT2D eigenvalue weighted by molar-refractivity contribution is -0.274. The predicted molar refractivity (Wildman–Crippen MR) is 99.5 cm³/mol. The summed E-state index contributed by atoms with van der Waals surface area (Å²) in [5, 5.41) is 0. The van der Waals surface area contributed by atoms with Gasteiger partial charge in [0.05, 0.1) is 5.66 Å². The second-order valence-electron chi connectivity index (χ2n) is 7.15. The molecule has 2 aromatic rings. The SMILES string of the molecule is NC1(N(C=O)c2ccc(OC(F)(F)F)cc2)CCN(Cc2ccc(F)c(F)c2)CC1. The van der Waals surface area contributed by atoms with Gasteiger partial charge in [-0.1, -0.05) is 6.07 Å². The lowest BCUT2D eigenvalue weighted by Gasteiger charge is -2.44. The van der Waals surface area contributed by atoms with Gasteiger partial charge in [-0.05, 0) is 54.8 Å². The molecule has 0 spiro atoms. The van der Waals surface area contributed by atoms with Gasteiger partial charge in [0.1, 0.15) is 5.75 Å². The van der Waals surface area contributed by atoms with E-state index < -0.39 is 29.4 Å². The van der Waals surface area contributed by atoms with Gasteiger partial charge < -0.3 is 10.5 Å². The molecule has 162 valence electrons. The molecule has 0 atom stereocenters. The van der Waals surface area contributed by atoms with Crippen LogP contribution in [-0.4, -0.2) is 36.4 Å². The summed E-state index contributed by atoms with van der Waals surface area (Å²) in [5.74, 6) is -2.22. The van der Waals surface area contributed by atoms with E-state index in [1.165, 1.54) is 23.1 Å². The highest BCUT2D eigenvalue weighted by Gasteiger charge is 2.37. The number of amides is 1. The number of hydrogen-bond acceptors (Lipinski definition) is 4. The van der Waals surface area contributed by atoms with Gasteiger partial charge in [0, 0.05) is 25.3 Å². The van der Waals surface area contributed by atoms with Crippen LogP contribution in [0, 0.1) is 11.6 Å². The molecular formula is C20H20F5N3O2. The molecule has 0 aromatic heterocycles. The second-order valence-corrected chi connectivity index (χ2v) is 7.15. The molecule has 0 unspecified atom stereocenters. The van der Waals surface area contributed by atoms with E-state index in [-0.39, 0.29) is 0 Å². The number of carbonyl (C=O) groups excluding carboxylic acids is 1. The average molecular weight is 429 g/mol. The largest absolute Gasteiger partial charge is 0.573 e. The molecule has 1 amide bonds. The first kappa shape index (κ1) is 22.0. The van der Waals surface area contributed by atoms with Crippen LogP contribution in [0.25, 0.3) is 0 Å². The molecule has 2 N–H and O–H groups in total. The highest BCUT2D eigenvalue weighted by Crippen LogP contribution is 2.31. The monoisotopic (exact) mass is 429 g/mol. The number of ether oxygens (including phenoxy) is 1. The third-order valence-corrected chi connectivity index (χ3v) is 5.05. The third-order valence-electron chi connectivity index (χ3n) is 5.05. The van der Waals surface area contributed by atoms with Crippen LogP contribution < -0.4 is 15.4 Å². The van der Waals surface area contributed by atoms with E-state index in [0.29, 0.717) is 50.1 Å². The maximum absolute atomic E-state index is 13.4. The van der Waals surface area contributed by atoms with Gasteiger partial charge in [-0.25, -0.2) is 8.78 Å². The first-order chi connectivity index (χ1) is 14.1. The van der Waals surface area contributed by atoms with Crippen molar-refractivity contribution in [3.8, 4) is 5.75 Å². The molecule has 1 fully saturated rings. The molecule has 0 saturated carbocycles. The van der Waals surface area contributed by atoms with Gasteiger partial charge in [-0.3, -0.25) is 14.6 Å². The molecule has 1 heterocycles. The highest BCUT2D eigenvalue weighted by atomic mass is 19.4. The number of piperidine rings is 1. The van der Waals surface area contributed by atoms with Crippen molar-refractivity contribution >= 4 is 12.1 Å². The smallest absolute Gasteiger partial charge is 0.406 e. The minimum absolute atomic E-state index is 0.344. The number of hydrogen-bond donors (Lipinski definition) is 1. The standard InChI is InChI=1S/C20H20F5N3O2/c21-17-6-1-14(11-18(17)22)12-27-9-7-19(26,8-10-27)28(13-29)15-2-4-16(5-3-15)30-20(23,24)25/h1-6,11,13H,7-10,12,26H2. The van der Waals surface area contributed by atoms with Gasteiger partial charge in [0.25, 0.3) is 0 Å². The van der Waals surface area contributed by atoms with E-state index in [1.54, 1.807) is 0 Å². The van der Waals surface area contributed by atoms with Crippen molar-refractivity contribution in [2.75, 3.05) is 18.0 Å². The minimum Gasteiger partial charge on any atom is -0.406 e. The van der Waals surface area contributed by atoms with Gasteiger partial charge in [0.2, 0.25) is 6.41 Å². The number of carbonyl (C=O) groups is 1. The molecule has 3 rings (SSSR count). The molecule has 0 aliphatic carbocycles. The van der Waals surface area contributed by atoms with Crippen LogP contribution in [0.1, 0.15) is 18.4 Å². The fourth-order valence-corrected chi connectivity index (χ4v) is 3.47. The molecule has 10 heteroatoms. The Kier molecular flexibility index (Phi) is 6.27. The molecule has 1 aliphatic heterocycles. The maximum atomic E-state index is 13.4. The van der Waals surface area contributed by atoms with Crippen molar-refractivity contribution in [2.45, 2.75) is 31.4 Å². The minimum atomic E-state index is -4.80. The van der Waals surface area contributed by atoms with E-state index in [0.717, 1.165) is 24.3 Å². The molecule has 0 bridgehead atoms. The molecule has 5 nitrogen and oxygen atoms in total. The number of nitrogens with two attached hydrogens (primary N) is 1. The number of benzene rings is 2. The second kappa shape index (κ2) is 8.57. The molecule has 30 heavy (non-hydrogen) atoms. The van der Waals surface area contributed by atoms with Crippen molar-refractivity contribution < 1.29 is 31.5 Å². The summed E-state index contributed by atoms with van der Waals surface area (Å²) < 4.78 is 67.2. The van der Waals surface area contributed by atoms with Gasteiger partial charge in [-0.2, -0.15) is 0 Å². The topological polar surface area (TPSA) is 58.8 Å². The number of likely N-dealkylation sites (tertiary alicyclic amines) is 1. The van der Waals surface area contributed by atoms with Crippen molar-refractivity contribution in [2.24, 2.45) is 5.73 Å². The van der Waals surface area contributed by atoms with Gasteiger partial charge >= 0.3 is 6.36 Å².